The number of rotatable bonds is 3. The zero-order valence-corrected chi connectivity index (χ0v) is 14.1. The number of aromatic nitrogens is 1. The first kappa shape index (κ1) is 15.5. The third-order valence-corrected chi connectivity index (χ3v) is 5.68. The Labute approximate surface area is 147 Å². The molecule has 1 aliphatic heterocycles. The zero-order chi connectivity index (χ0) is 16.7. The number of nitrogens with zero attached hydrogens (tertiary/aromatic N) is 1. The highest BCUT2D eigenvalue weighted by molar-refractivity contribution is 8.15. The lowest BCUT2D eigenvalue weighted by atomic mass is 9.97. The average molecular weight is 361 g/mol. The second-order valence-corrected chi connectivity index (χ2v) is 7.25. The second-order valence-electron chi connectivity index (χ2n) is 5.73. The Bertz CT molecular complexity index is 842. The second kappa shape index (κ2) is 6.11. The molecule has 1 unspecified atom stereocenters. The lowest BCUT2D eigenvalue weighted by molar-refractivity contribution is -0.119. The molecule has 2 amide bonds. The number of carbonyl (C=O) groups is 2. The SMILES string of the molecule is O=C1NC(=O)C([C@@H]2CCc3cc(Oc4ccncc4Cl)ccc32)S1. The van der Waals surface area contributed by atoms with E-state index in [2.05, 4.69) is 10.3 Å². The van der Waals surface area contributed by atoms with Gasteiger partial charge < -0.3 is 4.74 Å². The summed E-state index contributed by atoms with van der Waals surface area (Å²) in [6, 6.07) is 7.54. The summed E-state index contributed by atoms with van der Waals surface area (Å²) in [7, 11) is 0. The molecule has 1 saturated heterocycles. The van der Waals surface area contributed by atoms with E-state index in [1.165, 1.54) is 6.20 Å². The number of aryl methyl sites for hydroxylation is 1. The number of ether oxygens (including phenoxy) is 1. The molecular formula is C17H13ClN2O3S. The zero-order valence-electron chi connectivity index (χ0n) is 12.5. The highest BCUT2D eigenvalue weighted by Crippen LogP contribution is 2.43. The first-order valence-corrected chi connectivity index (χ1v) is 8.79. The maximum atomic E-state index is 11.9. The number of hydrogen-bond acceptors (Lipinski definition) is 5. The van der Waals surface area contributed by atoms with Gasteiger partial charge in [0.25, 0.3) is 5.24 Å². The molecule has 122 valence electrons. The highest BCUT2D eigenvalue weighted by atomic mass is 35.5. The van der Waals surface area contributed by atoms with Crippen LogP contribution in [-0.2, 0) is 11.2 Å². The van der Waals surface area contributed by atoms with Crippen LogP contribution in [0.1, 0.15) is 23.5 Å². The highest BCUT2D eigenvalue weighted by Gasteiger charge is 2.41. The number of fused-ring (bicyclic) bond motifs is 1. The van der Waals surface area contributed by atoms with Crippen LogP contribution in [0.15, 0.2) is 36.7 Å². The van der Waals surface area contributed by atoms with Crippen LogP contribution in [0.2, 0.25) is 5.02 Å². The van der Waals surface area contributed by atoms with E-state index in [1.54, 1.807) is 12.3 Å². The Hall–Kier alpha value is -2.05. The van der Waals surface area contributed by atoms with Crippen LogP contribution in [0.3, 0.4) is 0 Å². The van der Waals surface area contributed by atoms with Gasteiger partial charge in [0.1, 0.15) is 21.8 Å². The fraction of sp³-hybridized carbons (Fsp3) is 0.235. The van der Waals surface area contributed by atoms with Crippen molar-refractivity contribution in [2.45, 2.75) is 24.0 Å². The molecule has 2 atom stereocenters. The molecule has 2 heterocycles. The van der Waals surface area contributed by atoms with Crippen molar-refractivity contribution in [3.05, 3.63) is 52.8 Å². The van der Waals surface area contributed by atoms with Gasteiger partial charge in [0.05, 0.1) is 0 Å². The lowest BCUT2D eigenvalue weighted by Crippen LogP contribution is -2.27. The Kier molecular flexibility index (Phi) is 3.94. The maximum absolute atomic E-state index is 11.9. The minimum atomic E-state index is -0.333. The monoisotopic (exact) mass is 360 g/mol. The Morgan fingerprint density at radius 3 is 2.92 bits per heavy atom. The Morgan fingerprint density at radius 1 is 1.29 bits per heavy atom. The van der Waals surface area contributed by atoms with Crippen LogP contribution >= 0.6 is 23.4 Å². The van der Waals surface area contributed by atoms with Crippen molar-refractivity contribution in [2.75, 3.05) is 0 Å². The number of hydrogen-bond donors (Lipinski definition) is 1. The van der Waals surface area contributed by atoms with Crippen molar-refractivity contribution in [3.63, 3.8) is 0 Å². The van der Waals surface area contributed by atoms with Gasteiger partial charge in [0, 0.05) is 24.4 Å². The quantitative estimate of drug-likeness (QED) is 0.898. The van der Waals surface area contributed by atoms with Crippen LogP contribution in [-0.4, -0.2) is 21.4 Å². The van der Waals surface area contributed by atoms with Gasteiger partial charge in [-0.3, -0.25) is 19.9 Å². The summed E-state index contributed by atoms with van der Waals surface area (Å²) in [5.41, 5.74) is 2.26. The van der Waals surface area contributed by atoms with Gasteiger partial charge in [-0.1, -0.05) is 29.4 Å². The minimum absolute atomic E-state index is 0.0648. The molecular weight excluding hydrogens is 348 g/mol. The molecule has 5 nitrogen and oxygen atoms in total. The summed E-state index contributed by atoms with van der Waals surface area (Å²) in [6.45, 7) is 0. The molecule has 1 fully saturated rings. The van der Waals surface area contributed by atoms with Gasteiger partial charge in [-0.2, -0.15) is 0 Å². The van der Waals surface area contributed by atoms with Crippen LogP contribution in [0.5, 0.6) is 11.5 Å². The Morgan fingerprint density at radius 2 is 2.17 bits per heavy atom. The number of nitrogens with one attached hydrogen (secondary N) is 1. The van der Waals surface area contributed by atoms with Gasteiger partial charge in [-0.15, -0.1) is 0 Å². The molecule has 0 spiro atoms. The van der Waals surface area contributed by atoms with E-state index in [9.17, 15) is 9.59 Å². The number of amides is 2. The van der Waals surface area contributed by atoms with E-state index in [0.29, 0.717) is 16.5 Å². The fourth-order valence-corrected chi connectivity index (χ4v) is 4.37. The van der Waals surface area contributed by atoms with E-state index < -0.39 is 0 Å². The van der Waals surface area contributed by atoms with Gasteiger partial charge in [-0.25, -0.2) is 0 Å². The molecule has 1 aromatic carbocycles. The van der Waals surface area contributed by atoms with Gasteiger partial charge >= 0.3 is 0 Å². The van der Waals surface area contributed by atoms with Crippen molar-refractivity contribution in [1.82, 2.24) is 10.3 Å². The predicted molar refractivity (Wildman–Crippen MR) is 91.7 cm³/mol. The van der Waals surface area contributed by atoms with Crippen LogP contribution in [0.25, 0.3) is 0 Å². The topological polar surface area (TPSA) is 68.3 Å². The van der Waals surface area contributed by atoms with Gasteiger partial charge in [-0.05, 0) is 36.1 Å². The standard InChI is InChI=1S/C17H13ClN2O3S/c18-13-8-19-6-5-14(13)23-10-2-4-11-9(7-10)1-3-12(11)15-16(21)20-17(22)24-15/h2,4-8,12,15H,1,3H2,(H,20,21,22)/t12-,15?/m1/s1. The van der Waals surface area contributed by atoms with Crippen molar-refractivity contribution in [2.24, 2.45) is 0 Å². The average Bonchev–Trinajstić information content (AvgIpc) is 3.11. The molecule has 0 radical (unpaired) electrons. The van der Waals surface area contributed by atoms with E-state index >= 15 is 0 Å². The third kappa shape index (κ3) is 2.76. The first-order chi connectivity index (χ1) is 11.6. The predicted octanol–water partition coefficient (Wildman–Crippen LogP) is 3.91. The summed E-state index contributed by atoms with van der Waals surface area (Å²) >= 11 is 7.15. The molecule has 2 aliphatic rings. The summed E-state index contributed by atoms with van der Waals surface area (Å²) in [4.78, 5) is 27.3. The normalized spacial score (nSPS) is 22.4. The van der Waals surface area contributed by atoms with Gasteiger partial charge in [0.2, 0.25) is 5.91 Å². The van der Waals surface area contributed by atoms with E-state index in [1.807, 2.05) is 18.2 Å². The summed E-state index contributed by atoms with van der Waals surface area (Å²) in [6.07, 6.45) is 4.87. The molecule has 24 heavy (non-hydrogen) atoms. The fourth-order valence-electron chi connectivity index (χ4n) is 3.21. The van der Waals surface area contributed by atoms with Crippen molar-refractivity contribution in [3.8, 4) is 11.5 Å². The summed E-state index contributed by atoms with van der Waals surface area (Å²) < 4.78 is 5.82. The maximum Gasteiger partial charge on any atom is 0.286 e. The number of imide groups is 1. The largest absolute Gasteiger partial charge is 0.456 e. The van der Waals surface area contributed by atoms with Crippen LogP contribution < -0.4 is 10.1 Å². The molecule has 1 aromatic heterocycles. The summed E-state index contributed by atoms with van der Waals surface area (Å²) in [5, 5.41) is 2.23. The van der Waals surface area contributed by atoms with Crippen molar-refractivity contribution in [1.29, 1.82) is 0 Å². The van der Waals surface area contributed by atoms with E-state index in [4.69, 9.17) is 16.3 Å². The third-order valence-electron chi connectivity index (χ3n) is 4.28. The van der Waals surface area contributed by atoms with E-state index in [-0.39, 0.29) is 22.3 Å². The van der Waals surface area contributed by atoms with Crippen LogP contribution in [0.4, 0.5) is 4.79 Å². The Balaban J connectivity index is 1.58. The van der Waals surface area contributed by atoms with Crippen LogP contribution in [0, 0.1) is 0 Å². The number of benzene rings is 1. The molecule has 1 aliphatic carbocycles. The molecule has 0 bridgehead atoms. The smallest absolute Gasteiger partial charge is 0.286 e. The van der Waals surface area contributed by atoms with E-state index in [0.717, 1.165) is 35.7 Å². The molecule has 1 N–H and O–H groups in total. The van der Waals surface area contributed by atoms with Gasteiger partial charge in [0.15, 0.2) is 0 Å². The molecule has 4 rings (SSSR count). The van der Waals surface area contributed by atoms with Crippen molar-refractivity contribution >= 4 is 34.5 Å². The number of halogens is 1. The molecule has 7 heteroatoms. The number of thioether (sulfide) groups is 1. The number of pyridine rings is 1. The molecule has 2 aromatic rings. The lowest BCUT2D eigenvalue weighted by Gasteiger charge is -2.16. The van der Waals surface area contributed by atoms with Crippen molar-refractivity contribution < 1.29 is 14.3 Å². The summed E-state index contributed by atoms with van der Waals surface area (Å²) in [5.74, 6) is 1.13. The minimum Gasteiger partial charge on any atom is -0.456 e. The number of carbonyl (C=O) groups excluding carboxylic acids is 2. The first-order valence-electron chi connectivity index (χ1n) is 7.53. The molecule has 0 saturated carbocycles.